The van der Waals surface area contributed by atoms with Crippen molar-refractivity contribution in [2.75, 3.05) is 0 Å². The molecule has 1 atom stereocenters. The van der Waals surface area contributed by atoms with Gasteiger partial charge in [0.2, 0.25) is 0 Å². The van der Waals surface area contributed by atoms with E-state index in [9.17, 15) is 9.59 Å². The summed E-state index contributed by atoms with van der Waals surface area (Å²) in [5.74, 6) is 2.56. The highest BCUT2D eigenvalue weighted by molar-refractivity contribution is 6.44. The van der Waals surface area contributed by atoms with Crippen LogP contribution in [0.3, 0.4) is 0 Å². The van der Waals surface area contributed by atoms with Crippen molar-refractivity contribution in [2.24, 2.45) is 5.41 Å². The van der Waals surface area contributed by atoms with Crippen LogP contribution in [0.4, 0.5) is 0 Å². The Morgan fingerprint density at radius 2 is 2.17 bits per heavy atom. The Labute approximate surface area is 144 Å². The zero-order valence-electron chi connectivity index (χ0n) is 12.5. The molecule has 3 rings (SSSR count). The van der Waals surface area contributed by atoms with Crippen LogP contribution in [0.5, 0.6) is 5.75 Å². The van der Waals surface area contributed by atoms with Gasteiger partial charge in [-0.25, -0.2) is 0 Å². The fraction of sp³-hybridized carbons (Fsp3) is 0.333. The number of carbonyl (C=O) groups excluding carboxylic acids is 2. The van der Waals surface area contributed by atoms with Crippen LogP contribution in [-0.4, -0.2) is 11.8 Å². The Bertz CT molecular complexity index is 801. The largest absolute Gasteiger partial charge is 0.425 e. The minimum Gasteiger partial charge on any atom is -0.425 e. The second-order valence-electron chi connectivity index (χ2n) is 5.99. The highest BCUT2D eigenvalue weighted by Crippen LogP contribution is 2.57. The quantitative estimate of drug-likeness (QED) is 0.456. The lowest BCUT2D eigenvalue weighted by molar-refractivity contribution is -0.131. The van der Waals surface area contributed by atoms with Crippen LogP contribution in [0.1, 0.15) is 37.3 Å². The van der Waals surface area contributed by atoms with E-state index in [0.29, 0.717) is 30.7 Å². The molecule has 1 aromatic rings. The first-order valence-electron chi connectivity index (χ1n) is 7.26. The first-order valence-corrected chi connectivity index (χ1v) is 8.02. The maximum absolute atomic E-state index is 11.9. The molecule has 0 aliphatic heterocycles. The summed E-state index contributed by atoms with van der Waals surface area (Å²) in [7, 11) is 0. The third-order valence-electron chi connectivity index (χ3n) is 4.47. The maximum atomic E-state index is 11.9. The van der Waals surface area contributed by atoms with E-state index in [1.807, 2.05) is 0 Å². The Kier molecular flexibility index (Phi) is 4.00. The van der Waals surface area contributed by atoms with E-state index in [1.54, 1.807) is 12.1 Å². The number of ether oxygens (including phenoxy) is 1. The molecule has 0 aromatic heterocycles. The lowest BCUT2D eigenvalue weighted by Crippen LogP contribution is -2.25. The van der Waals surface area contributed by atoms with Crippen LogP contribution in [-0.2, 0) is 16.0 Å². The van der Waals surface area contributed by atoms with Gasteiger partial charge in [-0.1, -0.05) is 23.2 Å². The first-order chi connectivity index (χ1) is 10.9. The summed E-state index contributed by atoms with van der Waals surface area (Å²) in [6.07, 6.45) is 9.54. The molecule has 2 aliphatic carbocycles. The van der Waals surface area contributed by atoms with Gasteiger partial charge in [0.25, 0.3) is 0 Å². The van der Waals surface area contributed by atoms with E-state index in [1.165, 1.54) is 6.92 Å². The molecule has 0 spiro atoms. The average molecular weight is 349 g/mol. The first kappa shape index (κ1) is 16.1. The number of terminal acetylenes is 1. The molecule has 0 radical (unpaired) electrons. The van der Waals surface area contributed by atoms with Crippen LogP contribution < -0.4 is 4.74 Å². The van der Waals surface area contributed by atoms with E-state index in [-0.39, 0.29) is 22.0 Å². The standard InChI is InChI=1S/C18H14Cl2O3/c1-3-5-18-6-4-12(22)8-13(18)15-11(9-18)7-14(23-10(2)21)16(19)17(15)20/h1,7-8H,4-6,9H2,2H3. The number of fused-ring (bicyclic) bond motifs is 3. The Hall–Kier alpha value is -1.76. The SMILES string of the molecule is C#CCC12CCC(=O)C=C1c1c(cc(OC(C)=O)c(Cl)c1Cl)C2. The summed E-state index contributed by atoms with van der Waals surface area (Å²) in [4.78, 5) is 23.1. The predicted octanol–water partition coefficient (Wildman–Crippen LogP) is 4.23. The number of halogens is 2. The van der Waals surface area contributed by atoms with Gasteiger partial charge in [-0.3, -0.25) is 9.59 Å². The van der Waals surface area contributed by atoms with Gasteiger partial charge < -0.3 is 4.74 Å². The van der Waals surface area contributed by atoms with Gasteiger partial charge in [0, 0.05) is 30.7 Å². The molecule has 0 N–H and O–H groups in total. The number of carbonyl (C=O) groups is 2. The molecule has 0 fully saturated rings. The average Bonchev–Trinajstić information content (AvgIpc) is 2.78. The molecular formula is C18H14Cl2O3. The van der Waals surface area contributed by atoms with Crippen molar-refractivity contribution in [3.63, 3.8) is 0 Å². The molecular weight excluding hydrogens is 335 g/mol. The smallest absolute Gasteiger partial charge is 0.308 e. The molecule has 0 saturated heterocycles. The normalized spacial score (nSPS) is 22.0. The Balaban J connectivity index is 2.20. The summed E-state index contributed by atoms with van der Waals surface area (Å²) in [5, 5.41) is 0.483. The van der Waals surface area contributed by atoms with E-state index in [4.69, 9.17) is 34.4 Å². The van der Waals surface area contributed by atoms with Crippen molar-refractivity contribution in [1.82, 2.24) is 0 Å². The third kappa shape index (κ3) is 2.56. The number of hydrogen-bond donors (Lipinski definition) is 0. The molecule has 0 bridgehead atoms. The van der Waals surface area contributed by atoms with Crippen LogP contribution >= 0.6 is 23.2 Å². The highest BCUT2D eigenvalue weighted by Gasteiger charge is 2.45. The van der Waals surface area contributed by atoms with Gasteiger partial charge in [0.05, 0.1) is 5.02 Å². The fourth-order valence-corrected chi connectivity index (χ4v) is 4.03. The van der Waals surface area contributed by atoms with Crippen molar-refractivity contribution in [1.29, 1.82) is 0 Å². The fourth-order valence-electron chi connectivity index (χ4n) is 3.52. The maximum Gasteiger partial charge on any atom is 0.308 e. The molecule has 5 heteroatoms. The number of hydrogen-bond acceptors (Lipinski definition) is 3. The minimum absolute atomic E-state index is 0.0664. The molecule has 1 aromatic carbocycles. The number of benzene rings is 1. The molecule has 0 saturated carbocycles. The lowest BCUT2D eigenvalue weighted by Gasteiger charge is -2.32. The topological polar surface area (TPSA) is 43.4 Å². The molecule has 0 amide bonds. The van der Waals surface area contributed by atoms with Crippen LogP contribution in [0.25, 0.3) is 5.57 Å². The van der Waals surface area contributed by atoms with Crippen LogP contribution in [0, 0.1) is 17.8 Å². The van der Waals surface area contributed by atoms with Crippen molar-refractivity contribution < 1.29 is 14.3 Å². The molecule has 23 heavy (non-hydrogen) atoms. The third-order valence-corrected chi connectivity index (χ3v) is 5.32. The molecule has 1 unspecified atom stereocenters. The monoisotopic (exact) mass is 348 g/mol. The predicted molar refractivity (Wildman–Crippen MR) is 89.6 cm³/mol. The summed E-state index contributed by atoms with van der Waals surface area (Å²) >= 11 is 12.7. The van der Waals surface area contributed by atoms with Crippen molar-refractivity contribution >= 4 is 40.5 Å². The number of esters is 1. The van der Waals surface area contributed by atoms with Gasteiger partial charge in [-0.2, -0.15) is 0 Å². The molecule has 118 valence electrons. The van der Waals surface area contributed by atoms with E-state index >= 15 is 0 Å². The second kappa shape index (κ2) is 5.70. The minimum atomic E-state index is -0.467. The summed E-state index contributed by atoms with van der Waals surface area (Å²) < 4.78 is 5.14. The molecule has 3 nitrogen and oxygen atoms in total. The van der Waals surface area contributed by atoms with Gasteiger partial charge in [-0.15, -0.1) is 12.3 Å². The van der Waals surface area contributed by atoms with Crippen molar-refractivity contribution in [2.45, 2.75) is 32.6 Å². The summed E-state index contributed by atoms with van der Waals surface area (Å²) in [5.41, 5.74) is 2.25. The molecule has 2 aliphatic rings. The van der Waals surface area contributed by atoms with Gasteiger partial charge >= 0.3 is 5.97 Å². The van der Waals surface area contributed by atoms with E-state index in [0.717, 1.165) is 16.7 Å². The highest BCUT2D eigenvalue weighted by atomic mass is 35.5. The van der Waals surface area contributed by atoms with Gasteiger partial charge in [-0.05, 0) is 36.1 Å². The van der Waals surface area contributed by atoms with Gasteiger partial charge in [0.15, 0.2) is 11.5 Å². The zero-order chi connectivity index (χ0) is 16.8. The summed E-state index contributed by atoms with van der Waals surface area (Å²) in [6, 6.07) is 1.73. The van der Waals surface area contributed by atoms with Crippen LogP contribution in [0.15, 0.2) is 12.1 Å². The van der Waals surface area contributed by atoms with Crippen molar-refractivity contribution in [3.8, 4) is 18.1 Å². The number of allylic oxidation sites excluding steroid dienone is 2. The number of ketones is 1. The Morgan fingerprint density at radius 1 is 1.43 bits per heavy atom. The van der Waals surface area contributed by atoms with Crippen LogP contribution in [0.2, 0.25) is 10.0 Å². The van der Waals surface area contributed by atoms with E-state index in [2.05, 4.69) is 5.92 Å². The Morgan fingerprint density at radius 3 is 2.83 bits per heavy atom. The van der Waals surface area contributed by atoms with Crippen molar-refractivity contribution in [3.05, 3.63) is 33.3 Å². The summed E-state index contributed by atoms with van der Waals surface area (Å²) in [6.45, 7) is 1.30. The van der Waals surface area contributed by atoms with Gasteiger partial charge in [0.1, 0.15) is 5.02 Å². The zero-order valence-corrected chi connectivity index (χ0v) is 14.1. The van der Waals surface area contributed by atoms with E-state index < -0.39 is 5.97 Å². The second-order valence-corrected chi connectivity index (χ2v) is 6.75. The number of rotatable bonds is 2. The molecule has 0 heterocycles. The lowest BCUT2D eigenvalue weighted by atomic mass is 9.70.